The minimum atomic E-state index is -0.744. The molecule has 18 heavy (non-hydrogen) atoms. The van der Waals surface area contributed by atoms with E-state index >= 15 is 0 Å². The van der Waals surface area contributed by atoms with Gasteiger partial charge >= 0.3 is 0 Å². The highest BCUT2D eigenvalue weighted by molar-refractivity contribution is 9.10. The molecule has 0 aliphatic carbocycles. The van der Waals surface area contributed by atoms with E-state index in [9.17, 15) is 9.50 Å². The van der Waals surface area contributed by atoms with E-state index in [4.69, 9.17) is 11.6 Å². The van der Waals surface area contributed by atoms with E-state index in [0.717, 1.165) is 10.0 Å². The minimum Gasteiger partial charge on any atom is -0.388 e. The van der Waals surface area contributed by atoms with Crippen LogP contribution in [0.15, 0.2) is 46.9 Å². The molecular formula is C14H11BrClFO. The molecule has 94 valence electrons. The van der Waals surface area contributed by atoms with Crippen molar-refractivity contribution in [1.82, 2.24) is 0 Å². The molecule has 4 heteroatoms. The van der Waals surface area contributed by atoms with Crippen LogP contribution >= 0.6 is 27.5 Å². The highest BCUT2D eigenvalue weighted by atomic mass is 79.9. The first-order valence-corrected chi connectivity index (χ1v) is 6.61. The Kier molecular flexibility index (Phi) is 4.38. The second-order valence-electron chi connectivity index (χ2n) is 4.02. The van der Waals surface area contributed by atoms with Crippen molar-refractivity contribution in [2.75, 3.05) is 0 Å². The first-order valence-electron chi connectivity index (χ1n) is 5.44. The van der Waals surface area contributed by atoms with Gasteiger partial charge in [0.15, 0.2) is 0 Å². The van der Waals surface area contributed by atoms with Crippen molar-refractivity contribution in [3.05, 3.63) is 68.9 Å². The third-order valence-electron chi connectivity index (χ3n) is 2.65. The van der Waals surface area contributed by atoms with Crippen LogP contribution in [0.2, 0.25) is 5.02 Å². The molecule has 1 unspecified atom stereocenters. The zero-order valence-corrected chi connectivity index (χ0v) is 11.7. The Labute approximate surface area is 118 Å². The van der Waals surface area contributed by atoms with Crippen LogP contribution in [0.1, 0.15) is 17.2 Å². The number of aliphatic hydroxyl groups excluding tert-OH is 1. The Bertz CT molecular complexity index is 559. The number of aliphatic hydroxyl groups is 1. The molecule has 0 aliphatic rings. The molecule has 1 N–H and O–H groups in total. The third kappa shape index (κ3) is 3.31. The van der Waals surface area contributed by atoms with Gasteiger partial charge in [0.05, 0.1) is 11.1 Å². The van der Waals surface area contributed by atoms with Crippen molar-refractivity contribution in [2.45, 2.75) is 12.5 Å². The predicted molar refractivity (Wildman–Crippen MR) is 74.2 cm³/mol. The average Bonchev–Trinajstić information content (AvgIpc) is 2.32. The fraction of sp³-hybridized carbons (Fsp3) is 0.143. The summed E-state index contributed by atoms with van der Waals surface area (Å²) in [4.78, 5) is 0. The van der Waals surface area contributed by atoms with Crippen LogP contribution in [0.5, 0.6) is 0 Å². The van der Waals surface area contributed by atoms with E-state index in [2.05, 4.69) is 15.9 Å². The lowest BCUT2D eigenvalue weighted by Gasteiger charge is -2.11. The van der Waals surface area contributed by atoms with Gasteiger partial charge in [-0.15, -0.1) is 0 Å². The largest absolute Gasteiger partial charge is 0.388 e. The summed E-state index contributed by atoms with van der Waals surface area (Å²) in [6, 6.07) is 12.0. The molecular weight excluding hydrogens is 319 g/mol. The number of hydrogen-bond acceptors (Lipinski definition) is 1. The van der Waals surface area contributed by atoms with Crippen molar-refractivity contribution in [1.29, 1.82) is 0 Å². The zero-order valence-electron chi connectivity index (χ0n) is 9.41. The van der Waals surface area contributed by atoms with Gasteiger partial charge in [-0.1, -0.05) is 45.7 Å². The lowest BCUT2D eigenvalue weighted by atomic mass is 10.0. The number of hydrogen-bond donors (Lipinski definition) is 1. The van der Waals surface area contributed by atoms with E-state index in [1.165, 1.54) is 12.1 Å². The SMILES string of the molecule is OC(Cc1cccc(Br)c1)c1ccc(Cl)c(F)c1. The predicted octanol–water partition coefficient (Wildman–Crippen LogP) is 4.52. The summed E-state index contributed by atoms with van der Waals surface area (Å²) in [7, 11) is 0. The van der Waals surface area contributed by atoms with Gasteiger partial charge in [-0.25, -0.2) is 4.39 Å². The van der Waals surface area contributed by atoms with Gasteiger partial charge in [0.25, 0.3) is 0 Å². The lowest BCUT2D eigenvalue weighted by Crippen LogP contribution is -2.02. The van der Waals surface area contributed by atoms with E-state index in [1.807, 2.05) is 24.3 Å². The van der Waals surface area contributed by atoms with Gasteiger partial charge in [-0.05, 0) is 35.4 Å². The molecule has 0 heterocycles. The molecule has 0 saturated heterocycles. The molecule has 0 amide bonds. The molecule has 0 radical (unpaired) electrons. The third-order valence-corrected chi connectivity index (χ3v) is 3.45. The van der Waals surface area contributed by atoms with E-state index in [-0.39, 0.29) is 5.02 Å². The summed E-state index contributed by atoms with van der Waals surface area (Å²) >= 11 is 8.97. The van der Waals surface area contributed by atoms with E-state index < -0.39 is 11.9 Å². The van der Waals surface area contributed by atoms with Gasteiger partial charge in [-0.3, -0.25) is 0 Å². The van der Waals surface area contributed by atoms with Gasteiger partial charge in [0.2, 0.25) is 0 Å². The molecule has 0 aromatic heterocycles. The fourth-order valence-corrected chi connectivity index (χ4v) is 2.29. The summed E-state index contributed by atoms with van der Waals surface area (Å²) < 4.78 is 14.2. The Balaban J connectivity index is 2.16. The highest BCUT2D eigenvalue weighted by Crippen LogP contribution is 2.23. The fourth-order valence-electron chi connectivity index (χ4n) is 1.72. The van der Waals surface area contributed by atoms with Crippen molar-refractivity contribution >= 4 is 27.5 Å². The normalized spacial score (nSPS) is 12.4. The molecule has 1 atom stereocenters. The van der Waals surface area contributed by atoms with Gasteiger partial charge in [-0.2, -0.15) is 0 Å². The Morgan fingerprint density at radius 3 is 2.67 bits per heavy atom. The monoisotopic (exact) mass is 328 g/mol. The molecule has 0 aliphatic heterocycles. The number of benzene rings is 2. The van der Waals surface area contributed by atoms with Crippen LogP contribution < -0.4 is 0 Å². The lowest BCUT2D eigenvalue weighted by molar-refractivity contribution is 0.178. The Morgan fingerprint density at radius 1 is 1.22 bits per heavy atom. The van der Waals surface area contributed by atoms with Crippen LogP contribution in [-0.4, -0.2) is 5.11 Å². The quantitative estimate of drug-likeness (QED) is 0.878. The first-order chi connectivity index (χ1) is 8.56. The molecule has 2 aromatic rings. The van der Waals surface area contributed by atoms with Gasteiger partial charge < -0.3 is 5.11 Å². The summed E-state index contributed by atoms with van der Waals surface area (Å²) in [5.41, 5.74) is 1.50. The van der Waals surface area contributed by atoms with Crippen LogP contribution in [0.4, 0.5) is 4.39 Å². The molecule has 2 aromatic carbocycles. The van der Waals surface area contributed by atoms with Crippen LogP contribution in [0, 0.1) is 5.82 Å². The maximum Gasteiger partial charge on any atom is 0.142 e. The van der Waals surface area contributed by atoms with Crippen LogP contribution in [0.25, 0.3) is 0 Å². The maximum absolute atomic E-state index is 13.3. The Morgan fingerprint density at radius 2 is 2.00 bits per heavy atom. The highest BCUT2D eigenvalue weighted by Gasteiger charge is 2.11. The smallest absolute Gasteiger partial charge is 0.142 e. The van der Waals surface area contributed by atoms with Crippen molar-refractivity contribution in [3.63, 3.8) is 0 Å². The maximum atomic E-state index is 13.3. The van der Waals surface area contributed by atoms with E-state index in [0.29, 0.717) is 12.0 Å². The van der Waals surface area contributed by atoms with Crippen molar-refractivity contribution in [3.8, 4) is 0 Å². The molecule has 0 fully saturated rings. The summed E-state index contributed by atoms with van der Waals surface area (Å²) in [5.74, 6) is -0.512. The molecule has 0 bridgehead atoms. The standard InChI is InChI=1S/C14H11BrClFO/c15-11-3-1-2-9(6-11)7-14(18)10-4-5-12(16)13(17)8-10/h1-6,8,14,18H,7H2. The van der Waals surface area contributed by atoms with E-state index in [1.54, 1.807) is 6.07 Å². The topological polar surface area (TPSA) is 20.2 Å². The Hall–Kier alpha value is -0.900. The van der Waals surface area contributed by atoms with Gasteiger partial charge in [0, 0.05) is 10.9 Å². The summed E-state index contributed by atoms with van der Waals surface area (Å²) in [6.45, 7) is 0. The molecule has 2 rings (SSSR count). The molecule has 1 nitrogen and oxygen atoms in total. The minimum absolute atomic E-state index is 0.0633. The van der Waals surface area contributed by atoms with Crippen molar-refractivity contribution < 1.29 is 9.50 Å². The number of rotatable bonds is 3. The zero-order chi connectivity index (χ0) is 13.1. The second-order valence-corrected chi connectivity index (χ2v) is 5.35. The first kappa shape index (κ1) is 13.5. The molecule has 0 spiro atoms. The van der Waals surface area contributed by atoms with Crippen molar-refractivity contribution in [2.24, 2.45) is 0 Å². The molecule has 0 saturated carbocycles. The van der Waals surface area contributed by atoms with Crippen LogP contribution in [-0.2, 0) is 6.42 Å². The second kappa shape index (κ2) is 5.83. The summed E-state index contributed by atoms with van der Waals surface area (Å²) in [5, 5.41) is 10.1. The average molecular weight is 330 g/mol. The summed E-state index contributed by atoms with van der Waals surface area (Å²) in [6.07, 6.45) is -0.313. The van der Waals surface area contributed by atoms with Gasteiger partial charge in [0.1, 0.15) is 5.82 Å². The number of halogens is 3. The van der Waals surface area contributed by atoms with Crippen LogP contribution in [0.3, 0.4) is 0 Å².